The molecule has 0 aliphatic carbocycles. The lowest BCUT2D eigenvalue weighted by molar-refractivity contribution is 0.0840. The van der Waals surface area contributed by atoms with Crippen LogP contribution in [0.2, 0.25) is 0 Å². The number of fused-ring (bicyclic) bond motifs is 1. The third kappa shape index (κ3) is 3.28. The number of para-hydroxylation sites is 1. The van der Waals surface area contributed by atoms with Crippen LogP contribution >= 0.6 is 31.9 Å². The van der Waals surface area contributed by atoms with Crippen molar-refractivity contribution >= 4 is 55.0 Å². The molecule has 0 saturated heterocycles. The number of rotatable bonds is 4. The van der Waals surface area contributed by atoms with Crippen molar-refractivity contribution in [2.45, 2.75) is 13.8 Å². The summed E-state index contributed by atoms with van der Waals surface area (Å²) in [5.41, 5.74) is 2.78. The molecule has 3 rings (SSSR count). The predicted molar refractivity (Wildman–Crippen MR) is 105 cm³/mol. The fourth-order valence-corrected chi connectivity index (χ4v) is 4.49. The van der Waals surface area contributed by atoms with E-state index in [2.05, 4.69) is 31.9 Å². The Kier molecular flexibility index (Phi) is 5.11. The molecule has 1 heterocycles. The molecule has 0 bridgehead atoms. The van der Waals surface area contributed by atoms with E-state index in [0.29, 0.717) is 22.5 Å². The molecule has 6 heteroatoms. The van der Waals surface area contributed by atoms with Crippen molar-refractivity contribution in [1.82, 2.24) is 4.57 Å². The van der Waals surface area contributed by atoms with Crippen molar-refractivity contribution in [3.63, 3.8) is 0 Å². The summed E-state index contributed by atoms with van der Waals surface area (Å²) in [5.74, 6) is 0.400. The van der Waals surface area contributed by atoms with E-state index in [1.54, 1.807) is 11.5 Å². The summed E-state index contributed by atoms with van der Waals surface area (Å²) in [6.45, 7) is 3.55. The predicted octanol–water partition coefficient (Wildman–Crippen LogP) is 5.31. The molecule has 0 radical (unpaired) electrons. The summed E-state index contributed by atoms with van der Waals surface area (Å²) >= 11 is 6.88. The smallest absolute Gasteiger partial charge is 0.269 e. The van der Waals surface area contributed by atoms with Crippen LogP contribution in [0, 0.1) is 13.8 Å². The Hall–Kier alpha value is -1.92. The number of carbonyl (C=O) groups is 2. The summed E-state index contributed by atoms with van der Waals surface area (Å²) in [5, 5.41) is 0.768. The molecule has 2 aromatic carbocycles. The Morgan fingerprint density at radius 1 is 1.20 bits per heavy atom. The van der Waals surface area contributed by atoms with Gasteiger partial charge in [-0.15, -0.1) is 0 Å². The molecule has 0 atom stereocenters. The molecule has 0 amide bonds. The highest BCUT2D eigenvalue weighted by Gasteiger charge is 2.19. The topological polar surface area (TPSA) is 48.3 Å². The standard InChI is InChI=1S/C19H15Br2NO3/c1-11-7-13(20)8-16(21)19(11)25-10-18(24)22-12(2)15(9-23)14-5-3-4-6-17(14)22/h3-9H,10H2,1-2H3. The van der Waals surface area contributed by atoms with Crippen molar-refractivity contribution < 1.29 is 14.3 Å². The fourth-order valence-electron chi connectivity index (χ4n) is 2.93. The second-order valence-corrected chi connectivity index (χ2v) is 7.46. The van der Waals surface area contributed by atoms with Crippen LogP contribution in [-0.4, -0.2) is 23.4 Å². The van der Waals surface area contributed by atoms with Gasteiger partial charge in [0.25, 0.3) is 5.91 Å². The normalized spacial score (nSPS) is 10.9. The van der Waals surface area contributed by atoms with Crippen LogP contribution in [0.15, 0.2) is 45.3 Å². The van der Waals surface area contributed by atoms with Gasteiger partial charge >= 0.3 is 0 Å². The van der Waals surface area contributed by atoms with E-state index in [9.17, 15) is 9.59 Å². The van der Waals surface area contributed by atoms with Gasteiger partial charge in [0.15, 0.2) is 12.9 Å². The Bertz CT molecular complexity index is 969. The highest BCUT2D eigenvalue weighted by molar-refractivity contribution is 9.11. The molecule has 25 heavy (non-hydrogen) atoms. The zero-order valence-corrected chi connectivity index (χ0v) is 16.8. The summed E-state index contributed by atoms with van der Waals surface area (Å²) in [6.07, 6.45) is 0.789. The van der Waals surface area contributed by atoms with E-state index in [4.69, 9.17) is 4.74 Å². The number of aromatic nitrogens is 1. The maximum atomic E-state index is 12.8. The first-order valence-corrected chi connectivity index (χ1v) is 9.19. The largest absolute Gasteiger partial charge is 0.482 e. The highest BCUT2D eigenvalue weighted by atomic mass is 79.9. The molecule has 1 aromatic heterocycles. The number of halogens is 2. The van der Waals surface area contributed by atoms with Crippen molar-refractivity contribution in [3.05, 3.63) is 62.2 Å². The van der Waals surface area contributed by atoms with Crippen LogP contribution in [0.3, 0.4) is 0 Å². The maximum Gasteiger partial charge on any atom is 0.269 e. The van der Waals surface area contributed by atoms with Gasteiger partial charge in [0, 0.05) is 21.1 Å². The van der Waals surface area contributed by atoms with Crippen molar-refractivity contribution in [3.8, 4) is 5.75 Å². The van der Waals surface area contributed by atoms with E-state index >= 15 is 0 Å². The molecule has 4 nitrogen and oxygen atoms in total. The van der Waals surface area contributed by atoms with Gasteiger partial charge < -0.3 is 4.74 Å². The minimum absolute atomic E-state index is 0.126. The zero-order chi connectivity index (χ0) is 18.1. The molecule has 3 aromatic rings. The molecular formula is C19H15Br2NO3. The number of aryl methyl sites for hydroxylation is 1. The van der Waals surface area contributed by atoms with Gasteiger partial charge in [0.2, 0.25) is 0 Å². The number of benzene rings is 2. The lowest BCUT2D eigenvalue weighted by Gasteiger charge is -2.13. The average Bonchev–Trinajstić information content (AvgIpc) is 2.84. The van der Waals surface area contributed by atoms with Gasteiger partial charge in [-0.3, -0.25) is 14.2 Å². The number of carbonyl (C=O) groups excluding carboxylic acids is 2. The summed E-state index contributed by atoms with van der Waals surface area (Å²) < 4.78 is 9.00. The lowest BCUT2D eigenvalue weighted by Crippen LogP contribution is -2.20. The molecule has 0 saturated carbocycles. The molecule has 0 unspecified atom stereocenters. The first kappa shape index (κ1) is 17.9. The van der Waals surface area contributed by atoms with E-state index in [1.165, 1.54) is 0 Å². The Morgan fingerprint density at radius 3 is 2.60 bits per heavy atom. The molecule has 0 N–H and O–H groups in total. The van der Waals surface area contributed by atoms with E-state index in [0.717, 1.165) is 26.2 Å². The van der Waals surface area contributed by atoms with Crippen molar-refractivity contribution in [2.75, 3.05) is 6.61 Å². The third-order valence-electron chi connectivity index (χ3n) is 4.06. The zero-order valence-electron chi connectivity index (χ0n) is 13.7. The third-order valence-corrected chi connectivity index (χ3v) is 5.11. The minimum atomic E-state index is -0.226. The molecule has 0 aliphatic heterocycles. The molecular weight excluding hydrogens is 450 g/mol. The second kappa shape index (κ2) is 7.14. The average molecular weight is 465 g/mol. The van der Waals surface area contributed by atoms with Crippen LogP contribution < -0.4 is 4.74 Å². The Balaban J connectivity index is 1.94. The van der Waals surface area contributed by atoms with Crippen LogP contribution in [0.5, 0.6) is 5.75 Å². The minimum Gasteiger partial charge on any atom is -0.482 e. The highest BCUT2D eigenvalue weighted by Crippen LogP contribution is 2.32. The van der Waals surface area contributed by atoms with Gasteiger partial charge in [0.05, 0.1) is 9.99 Å². The van der Waals surface area contributed by atoms with E-state index in [-0.39, 0.29) is 12.5 Å². The second-order valence-electron chi connectivity index (χ2n) is 5.69. The molecule has 128 valence electrons. The Labute approximate surface area is 162 Å². The lowest BCUT2D eigenvalue weighted by atomic mass is 10.1. The van der Waals surface area contributed by atoms with Gasteiger partial charge in [0.1, 0.15) is 5.75 Å². The quantitative estimate of drug-likeness (QED) is 0.491. The van der Waals surface area contributed by atoms with Crippen LogP contribution in [-0.2, 0) is 0 Å². The van der Waals surface area contributed by atoms with Gasteiger partial charge in [-0.1, -0.05) is 34.1 Å². The van der Waals surface area contributed by atoms with E-state index in [1.807, 2.05) is 43.3 Å². The fraction of sp³-hybridized carbons (Fsp3) is 0.158. The Morgan fingerprint density at radius 2 is 1.92 bits per heavy atom. The van der Waals surface area contributed by atoms with Crippen LogP contribution in [0.4, 0.5) is 0 Å². The summed E-state index contributed by atoms with van der Waals surface area (Å²) in [4.78, 5) is 24.2. The molecule has 0 fully saturated rings. The van der Waals surface area contributed by atoms with Crippen LogP contribution in [0.25, 0.3) is 10.9 Å². The van der Waals surface area contributed by atoms with Crippen molar-refractivity contribution in [2.24, 2.45) is 0 Å². The first-order chi connectivity index (χ1) is 11.9. The first-order valence-electron chi connectivity index (χ1n) is 7.61. The number of nitrogens with zero attached hydrogens (tertiary/aromatic N) is 1. The number of aldehydes is 1. The monoisotopic (exact) mass is 463 g/mol. The number of hydrogen-bond donors (Lipinski definition) is 0. The maximum absolute atomic E-state index is 12.8. The van der Waals surface area contributed by atoms with Gasteiger partial charge in [-0.25, -0.2) is 0 Å². The molecule has 0 aliphatic rings. The molecule has 0 spiro atoms. The van der Waals surface area contributed by atoms with Crippen LogP contribution in [0.1, 0.15) is 26.4 Å². The summed E-state index contributed by atoms with van der Waals surface area (Å²) in [6, 6.07) is 11.2. The SMILES string of the molecule is Cc1cc(Br)cc(Br)c1OCC(=O)n1c(C)c(C=O)c2ccccc21. The number of hydrogen-bond acceptors (Lipinski definition) is 3. The van der Waals surface area contributed by atoms with Gasteiger partial charge in [-0.05, 0) is 53.5 Å². The van der Waals surface area contributed by atoms with Crippen molar-refractivity contribution in [1.29, 1.82) is 0 Å². The van der Waals surface area contributed by atoms with E-state index < -0.39 is 0 Å². The number of ether oxygens (including phenoxy) is 1. The van der Waals surface area contributed by atoms with Gasteiger partial charge in [-0.2, -0.15) is 0 Å². The summed E-state index contributed by atoms with van der Waals surface area (Å²) in [7, 11) is 0.